The zero-order chi connectivity index (χ0) is 16.0. The fourth-order valence-electron chi connectivity index (χ4n) is 2.69. The Morgan fingerprint density at radius 1 is 1.14 bits per heavy atom. The number of nitrogens with zero attached hydrogens (tertiary/aromatic N) is 1. The normalized spacial score (nSPS) is 16.9. The van der Waals surface area contributed by atoms with Crippen molar-refractivity contribution in [2.75, 3.05) is 25.4 Å². The van der Waals surface area contributed by atoms with Crippen LogP contribution in [0.5, 0.6) is 0 Å². The van der Waals surface area contributed by atoms with Crippen LogP contribution in [0.4, 0.5) is 13.2 Å². The lowest BCUT2D eigenvalue weighted by Crippen LogP contribution is -2.30. The van der Waals surface area contributed by atoms with Crippen LogP contribution in [0.15, 0.2) is 23.1 Å². The van der Waals surface area contributed by atoms with Gasteiger partial charge in [0.25, 0.3) is 0 Å². The van der Waals surface area contributed by atoms with Gasteiger partial charge in [0.1, 0.15) is 0 Å². The summed E-state index contributed by atoms with van der Waals surface area (Å²) in [5.74, 6) is 0.824. The van der Waals surface area contributed by atoms with Crippen LogP contribution in [0.25, 0.3) is 0 Å². The summed E-state index contributed by atoms with van der Waals surface area (Å²) in [6.07, 6.45) is 0.534. The molecule has 0 spiro atoms. The lowest BCUT2D eigenvalue weighted by atomic mass is 10.1. The first-order chi connectivity index (χ1) is 10.5. The Morgan fingerprint density at radius 3 is 2.50 bits per heavy atom. The number of likely N-dealkylation sites (tertiary alicyclic amines) is 1. The van der Waals surface area contributed by atoms with Gasteiger partial charge in [0.2, 0.25) is 0 Å². The number of thioether (sulfide) groups is 1. The molecule has 1 aromatic carbocycles. The van der Waals surface area contributed by atoms with E-state index >= 15 is 0 Å². The van der Waals surface area contributed by atoms with E-state index < -0.39 is 11.7 Å². The van der Waals surface area contributed by atoms with Gasteiger partial charge in [-0.3, -0.25) is 0 Å². The predicted molar refractivity (Wildman–Crippen MR) is 85.0 cm³/mol. The molecule has 6 heteroatoms. The molecule has 22 heavy (non-hydrogen) atoms. The van der Waals surface area contributed by atoms with Gasteiger partial charge < -0.3 is 10.6 Å². The first-order valence-electron chi connectivity index (χ1n) is 7.76. The van der Waals surface area contributed by atoms with Crippen molar-refractivity contribution in [2.45, 2.75) is 43.3 Å². The minimum Gasteiger partial charge on any atom is -0.326 e. The number of alkyl halides is 3. The van der Waals surface area contributed by atoms with Crippen LogP contribution in [0.3, 0.4) is 0 Å². The number of hydrogen-bond donors (Lipinski definition) is 1. The lowest BCUT2D eigenvalue weighted by molar-refractivity contribution is -0.137. The molecule has 0 aromatic heterocycles. The summed E-state index contributed by atoms with van der Waals surface area (Å²) >= 11 is 1.48. The predicted octanol–water partition coefficient (Wildman–Crippen LogP) is 4.13. The fraction of sp³-hybridized carbons (Fsp3) is 0.625. The Balaban J connectivity index is 1.87. The highest BCUT2D eigenvalue weighted by molar-refractivity contribution is 7.99. The summed E-state index contributed by atoms with van der Waals surface area (Å²) in [7, 11) is 0. The third-order valence-corrected chi connectivity index (χ3v) is 5.12. The Bertz CT molecular complexity index is 471. The van der Waals surface area contributed by atoms with E-state index in [2.05, 4.69) is 4.90 Å². The minimum atomic E-state index is -4.30. The van der Waals surface area contributed by atoms with Gasteiger partial charge in [-0.1, -0.05) is 12.5 Å². The van der Waals surface area contributed by atoms with Crippen LogP contribution in [0.1, 0.15) is 36.8 Å². The summed E-state index contributed by atoms with van der Waals surface area (Å²) in [6, 6.07) is 3.84. The highest BCUT2D eigenvalue weighted by atomic mass is 32.2. The van der Waals surface area contributed by atoms with Crippen molar-refractivity contribution in [3.8, 4) is 0 Å². The number of rotatable bonds is 6. The molecule has 0 radical (unpaired) electrons. The van der Waals surface area contributed by atoms with Crippen molar-refractivity contribution in [1.29, 1.82) is 0 Å². The van der Waals surface area contributed by atoms with Crippen LogP contribution in [-0.2, 0) is 12.7 Å². The van der Waals surface area contributed by atoms with Gasteiger partial charge in [-0.15, -0.1) is 11.8 Å². The molecule has 0 saturated carbocycles. The molecular formula is C16H23F3N2S. The van der Waals surface area contributed by atoms with Gasteiger partial charge in [-0.2, -0.15) is 13.2 Å². The van der Waals surface area contributed by atoms with Crippen LogP contribution in [0, 0.1) is 0 Å². The SMILES string of the molecule is NCc1ccc(C(F)(F)F)cc1SCCCN1CCCCC1. The molecule has 1 aliphatic rings. The molecule has 1 fully saturated rings. The molecule has 2 nitrogen and oxygen atoms in total. The average Bonchev–Trinajstić information content (AvgIpc) is 2.51. The van der Waals surface area contributed by atoms with Gasteiger partial charge in [0.05, 0.1) is 5.56 Å². The summed E-state index contributed by atoms with van der Waals surface area (Å²) < 4.78 is 38.4. The maximum atomic E-state index is 12.8. The van der Waals surface area contributed by atoms with Crippen molar-refractivity contribution in [3.63, 3.8) is 0 Å². The molecule has 1 saturated heterocycles. The van der Waals surface area contributed by atoms with Crippen LogP contribution in [-0.4, -0.2) is 30.3 Å². The van der Waals surface area contributed by atoms with Crippen LogP contribution in [0.2, 0.25) is 0 Å². The Kier molecular flexibility index (Phi) is 6.59. The maximum absolute atomic E-state index is 12.8. The van der Waals surface area contributed by atoms with Gasteiger partial charge in [-0.25, -0.2) is 0 Å². The van der Waals surface area contributed by atoms with Crippen molar-refractivity contribution < 1.29 is 13.2 Å². The number of hydrogen-bond acceptors (Lipinski definition) is 3. The largest absolute Gasteiger partial charge is 0.416 e. The van der Waals surface area contributed by atoms with E-state index in [1.165, 1.54) is 43.2 Å². The molecule has 1 heterocycles. The van der Waals surface area contributed by atoms with E-state index in [1.54, 1.807) is 0 Å². The third-order valence-electron chi connectivity index (χ3n) is 3.94. The topological polar surface area (TPSA) is 29.3 Å². The molecule has 2 N–H and O–H groups in total. The van der Waals surface area contributed by atoms with E-state index in [4.69, 9.17) is 5.73 Å². The standard InChI is InChI=1S/C16H23F3N2S/c17-16(18,19)14-6-5-13(12-20)15(11-14)22-10-4-9-21-7-2-1-3-8-21/h5-6,11H,1-4,7-10,12,20H2. The quantitative estimate of drug-likeness (QED) is 0.627. The second-order valence-electron chi connectivity index (χ2n) is 5.63. The number of halogens is 3. The molecule has 0 amide bonds. The first kappa shape index (κ1) is 17.6. The molecule has 124 valence electrons. The number of nitrogens with two attached hydrogens (primary N) is 1. The Morgan fingerprint density at radius 2 is 1.86 bits per heavy atom. The Labute approximate surface area is 134 Å². The number of benzene rings is 1. The highest BCUT2D eigenvalue weighted by Gasteiger charge is 2.30. The van der Waals surface area contributed by atoms with Crippen LogP contribution < -0.4 is 5.73 Å². The zero-order valence-corrected chi connectivity index (χ0v) is 13.5. The van der Waals surface area contributed by atoms with Crippen molar-refractivity contribution in [2.24, 2.45) is 5.73 Å². The second kappa shape index (κ2) is 8.22. The minimum absolute atomic E-state index is 0.270. The van der Waals surface area contributed by atoms with Gasteiger partial charge in [0.15, 0.2) is 0 Å². The van der Waals surface area contributed by atoms with E-state index in [9.17, 15) is 13.2 Å². The van der Waals surface area contributed by atoms with Crippen molar-refractivity contribution in [1.82, 2.24) is 4.90 Å². The second-order valence-corrected chi connectivity index (χ2v) is 6.77. The average molecular weight is 332 g/mol. The van der Waals surface area contributed by atoms with Gasteiger partial charge in [0, 0.05) is 11.4 Å². The maximum Gasteiger partial charge on any atom is 0.416 e. The van der Waals surface area contributed by atoms with E-state index in [0.29, 0.717) is 4.90 Å². The zero-order valence-electron chi connectivity index (χ0n) is 12.7. The summed E-state index contributed by atoms with van der Waals surface area (Å²) in [5.41, 5.74) is 5.82. The molecule has 0 atom stereocenters. The van der Waals surface area contributed by atoms with Gasteiger partial charge in [-0.05, 0) is 62.3 Å². The fourth-order valence-corrected chi connectivity index (χ4v) is 3.73. The van der Waals surface area contributed by atoms with Crippen molar-refractivity contribution in [3.05, 3.63) is 29.3 Å². The summed E-state index contributed by atoms with van der Waals surface area (Å²) in [4.78, 5) is 3.11. The highest BCUT2D eigenvalue weighted by Crippen LogP contribution is 2.33. The van der Waals surface area contributed by atoms with Crippen LogP contribution >= 0.6 is 11.8 Å². The Hall–Kier alpha value is -0.720. The van der Waals surface area contributed by atoms with Gasteiger partial charge >= 0.3 is 6.18 Å². The lowest BCUT2D eigenvalue weighted by Gasteiger charge is -2.26. The summed E-state index contributed by atoms with van der Waals surface area (Å²) in [5, 5.41) is 0. The third kappa shape index (κ3) is 5.18. The smallest absolute Gasteiger partial charge is 0.326 e. The van der Waals surface area contributed by atoms with E-state index in [1.807, 2.05) is 0 Å². The molecule has 0 unspecified atom stereocenters. The van der Waals surface area contributed by atoms with E-state index in [0.717, 1.165) is 43.4 Å². The monoisotopic (exact) mass is 332 g/mol. The molecular weight excluding hydrogens is 309 g/mol. The molecule has 1 aliphatic heterocycles. The first-order valence-corrected chi connectivity index (χ1v) is 8.74. The molecule has 1 aromatic rings. The number of piperidine rings is 1. The molecule has 0 bridgehead atoms. The van der Waals surface area contributed by atoms with E-state index in [-0.39, 0.29) is 6.54 Å². The van der Waals surface area contributed by atoms with Crippen molar-refractivity contribution >= 4 is 11.8 Å². The summed E-state index contributed by atoms with van der Waals surface area (Å²) in [6.45, 7) is 3.61. The molecule has 0 aliphatic carbocycles. The molecule has 2 rings (SSSR count).